The molecule has 152 valence electrons. The Bertz CT molecular complexity index is 719. The van der Waals surface area contributed by atoms with Gasteiger partial charge in [-0.15, -0.1) is 11.3 Å². The second-order valence-corrected chi connectivity index (χ2v) is 9.04. The van der Waals surface area contributed by atoms with Gasteiger partial charge in [0, 0.05) is 26.2 Å². The number of carbonyl (C=O) groups excluding carboxylic acids is 1. The van der Waals surface area contributed by atoms with Crippen LogP contribution in [-0.2, 0) is 19.6 Å². The number of guanidine groups is 1. The van der Waals surface area contributed by atoms with Crippen LogP contribution in [-0.4, -0.2) is 64.6 Å². The fraction of sp³-hybridized carbons (Fsp3) is 0.647. The molecule has 27 heavy (non-hydrogen) atoms. The van der Waals surface area contributed by atoms with E-state index in [2.05, 4.69) is 15.0 Å². The van der Waals surface area contributed by atoms with Crippen LogP contribution in [0.3, 0.4) is 0 Å². The average molecular weight is 417 g/mol. The van der Waals surface area contributed by atoms with Gasteiger partial charge >= 0.3 is 5.97 Å². The van der Waals surface area contributed by atoms with Crippen molar-refractivity contribution in [2.45, 2.75) is 30.9 Å². The maximum atomic E-state index is 12.1. The fourth-order valence-corrected chi connectivity index (χ4v) is 4.94. The minimum Gasteiger partial charge on any atom is -0.466 e. The van der Waals surface area contributed by atoms with E-state index >= 15 is 0 Å². The Morgan fingerprint density at radius 3 is 2.93 bits per heavy atom. The fourth-order valence-electron chi connectivity index (χ4n) is 2.88. The van der Waals surface area contributed by atoms with Crippen LogP contribution in [0.25, 0.3) is 0 Å². The molecule has 8 nitrogen and oxygen atoms in total. The van der Waals surface area contributed by atoms with E-state index in [0.717, 1.165) is 19.4 Å². The highest BCUT2D eigenvalue weighted by Gasteiger charge is 2.28. The van der Waals surface area contributed by atoms with Crippen molar-refractivity contribution in [2.24, 2.45) is 10.9 Å². The molecule has 0 aromatic carbocycles. The predicted octanol–water partition coefficient (Wildman–Crippen LogP) is 1.27. The van der Waals surface area contributed by atoms with Crippen molar-refractivity contribution in [1.29, 1.82) is 0 Å². The van der Waals surface area contributed by atoms with Crippen LogP contribution in [0.5, 0.6) is 0 Å². The number of carbonyl (C=O) groups is 1. The van der Waals surface area contributed by atoms with Gasteiger partial charge in [-0.05, 0) is 38.1 Å². The van der Waals surface area contributed by atoms with E-state index in [4.69, 9.17) is 4.74 Å². The zero-order chi connectivity index (χ0) is 19.7. The van der Waals surface area contributed by atoms with Gasteiger partial charge in [0.15, 0.2) is 5.96 Å². The van der Waals surface area contributed by atoms with Crippen LogP contribution in [0.4, 0.5) is 0 Å². The minimum atomic E-state index is -3.47. The van der Waals surface area contributed by atoms with Crippen molar-refractivity contribution >= 4 is 33.3 Å². The summed E-state index contributed by atoms with van der Waals surface area (Å²) in [5.41, 5.74) is 0. The molecular formula is C17H28N4O4S2. The Morgan fingerprint density at radius 1 is 1.44 bits per heavy atom. The third-order valence-electron chi connectivity index (χ3n) is 4.10. The number of nitrogens with zero attached hydrogens (tertiary/aromatic N) is 2. The Kier molecular flexibility index (Phi) is 8.52. The van der Waals surface area contributed by atoms with E-state index in [-0.39, 0.29) is 18.4 Å². The number of hydrogen-bond donors (Lipinski definition) is 2. The first kappa shape index (κ1) is 21.6. The number of ether oxygens (including phenoxy) is 1. The number of likely N-dealkylation sites (tertiary alicyclic amines) is 1. The summed E-state index contributed by atoms with van der Waals surface area (Å²) in [5.74, 6) is 0.378. The summed E-state index contributed by atoms with van der Waals surface area (Å²) in [7, 11) is -3.47. The molecule has 1 unspecified atom stereocenters. The lowest BCUT2D eigenvalue weighted by molar-refractivity contribution is -0.149. The molecule has 0 amide bonds. The smallest absolute Gasteiger partial charge is 0.310 e. The van der Waals surface area contributed by atoms with Gasteiger partial charge in [0.1, 0.15) is 4.21 Å². The van der Waals surface area contributed by atoms with Crippen molar-refractivity contribution in [2.75, 3.05) is 39.3 Å². The minimum absolute atomic E-state index is 0.153. The lowest BCUT2D eigenvalue weighted by Crippen LogP contribution is -2.48. The van der Waals surface area contributed by atoms with Crippen LogP contribution in [0.15, 0.2) is 26.7 Å². The second-order valence-electron chi connectivity index (χ2n) is 6.10. The topological polar surface area (TPSA) is 100 Å². The average Bonchev–Trinajstić information content (AvgIpc) is 3.20. The van der Waals surface area contributed by atoms with Gasteiger partial charge in [-0.2, -0.15) is 0 Å². The molecule has 10 heteroatoms. The molecule has 0 saturated carbocycles. The normalized spacial score (nSPS) is 18.4. The van der Waals surface area contributed by atoms with Crippen molar-refractivity contribution in [3.05, 3.63) is 17.5 Å². The van der Waals surface area contributed by atoms with Crippen LogP contribution >= 0.6 is 11.3 Å². The third kappa shape index (κ3) is 6.47. The van der Waals surface area contributed by atoms with E-state index in [1.807, 2.05) is 11.8 Å². The second kappa shape index (κ2) is 10.6. The molecule has 0 aliphatic carbocycles. The van der Waals surface area contributed by atoms with Crippen molar-refractivity contribution in [3.8, 4) is 0 Å². The van der Waals surface area contributed by atoms with E-state index in [1.54, 1.807) is 24.4 Å². The molecule has 0 spiro atoms. The van der Waals surface area contributed by atoms with Gasteiger partial charge < -0.3 is 15.0 Å². The van der Waals surface area contributed by atoms with E-state index in [0.29, 0.717) is 36.4 Å². The number of rotatable bonds is 8. The molecule has 2 rings (SSSR count). The summed E-state index contributed by atoms with van der Waals surface area (Å²) in [6, 6.07) is 3.28. The Labute approximate surface area is 165 Å². The number of sulfonamides is 1. The number of aliphatic imine (C=N–C) groups is 1. The predicted molar refractivity (Wildman–Crippen MR) is 106 cm³/mol. The van der Waals surface area contributed by atoms with Gasteiger partial charge in [-0.1, -0.05) is 6.07 Å². The SMILES string of the molecule is CCNC(=NCCNS(=O)(=O)c1cccs1)N1CCCC(C(=O)OCC)C1. The Morgan fingerprint density at radius 2 is 2.26 bits per heavy atom. The van der Waals surface area contributed by atoms with Gasteiger partial charge in [-0.25, -0.2) is 13.1 Å². The maximum absolute atomic E-state index is 12.1. The summed E-state index contributed by atoms with van der Waals surface area (Å²) in [6.45, 7) is 6.75. The number of esters is 1. The van der Waals surface area contributed by atoms with Crippen LogP contribution in [0, 0.1) is 5.92 Å². The number of thiophene rings is 1. The highest BCUT2D eigenvalue weighted by molar-refractivity contribution is 7.91. The first-order chi connectivity index (χ1) is 13.0. The summed E-state index contributed by atoms with van der Waals surface area (Å²) in [4.78, 5) is 18.6. The van der Waals surface area contributed by atoms with E-state index in [9.17, 15) is 13.2 Å². The standard InChI is InChI=1S/C17H28N4O4S2/c1-3-18-17(21-11-5-7-14(13-21)16(22)25-4-2)19-9-10-20-27(23,24)15-8-6-12-26-15/h6,8,12,14,20H,3-5,7,9-11,13H2,1-2H3,(H,18,19). The van der Waals surface area contributed by atoms with Crippen LogP contribution in [0.1, 0.15) is 26.7 Å². The number of piperidine rings is 1. The monoisotopic (exact) mass is 416 g/mol. The maximum Gasteiger partial charge on any atom is 0.310 e. The molecule has 1 saturated heterocycles. The Hall–Kier alpha value is -1.65. The first-order valence-corrected chi connectivity index (χ1v) is 11.6. The lowest BCUT2D eigenvalue weighted by Gasteiger charge is -2.34. The molecule has 0 radical (unpaired) electrons. The zero-order valence-electron chi connectivity index (χ0n) is 15.8. The molecule has 1 aromatic heterocycles. The largest absolute Gasteiger partial charge is 0.466 e. The summed E-state index contributed by atoms with van der Waals surface area (Å²) >= 11 is 1.18. The lowest BCUT2D eigenvalue weighted by atomic mass is 9.98. The first-order valence-electron chi connectivity index (χ1n) is 9.21. The molecule has 1 aliphatic rings. The van der Waals surface area contributed by atoms with Crippen molar-refractivity contribution < 1.29 is 17.9 Å². The molecule has 0 bridgehead atoms. The van der Waals surface area contributed by atoms with Crippen molar-refractivity contribution in [3.63, 3.8) is 0 Å². The molecule has 1 aliphatic heterocycles. The van der Waals surface area contributed by atoms with Gasteiger partial charge in [0.25, 0.3) is 0 Å². The summed E-state index contributed by atoms with van der Waals surface area (Å²) in [5, 5.41) is 4.95. The Balaban J connectivity index is 1.92. The van der Waals surface area contributed by atoms with E-state index < -0.39 is 10.0 Å². The van der Waals surface area contributed by atoms with Gasteiger partial charge in [-0.3, -0.25) is 9.79 Å². The molecule has 2 N–H and O–H groups in total. The highest BCUT2D eigenvalue weighted by atomic mass is 32.2. The molecule has 2 heterocycles. The van der Waals surface area contributed by atoms with Crippen LogP contribution in [0.2, 0.25) is 0 Å². The quantitative estimate of drug-likeness (QED) is 0.286. The third-order valence-corrected chi connectivity index (χ3v) is 6.96. The van der Waals surface area contributed by atoms with Gasteiger partial charge in [0.2, 0.25) is 10.0 Å². The molecule has 1 fully saturated rings. The van der Waals surface area contributed by atoms with Crippen molar-refractivity contribution in [1.82, 2.24) is 14.9 Å². The zero-order valence-corrected chi connectivity index (χ0v) is 17.4. The van der Waals surface area contributed by atoms with Crippen LogP contribution < -0.4 is 10.0 Å². The molecule has 1 atom stereocenters. The van der Waals surface area contributed by atoms with E-state index in [1.165, 1.54) is 11.3 Å². The number of hydrogen-bond acceptors (Lipinski definition) is 6. The molecule has 1 aromatic rings. The highest BCUT2D eigenvalue weighted by Crippen LogP contribution is 2.18. The number of nitrogens with one attached hydrogen (secondary N) is 2. The van der Waals surface area contributed by atoms with Gasteiger partial charge in [0.05, 0.1) is 19.1 Å². The molecular weight excluding hydrogens is 388 g/mol. The summed E-state index contributed by atoms with van der Waals surface area (Å²) in [6.07, 6.45) is 1.70. The summed E-state index contributed by atoms with van der Waals surface area (Å²) < 4.78 is 32.2.